The van der Waals surface area contributed by atoms with Crippen LogP contribution in [-0.2, 0) is 11.3 Å². The molecule has 0 unspecified atom stereocenters. The third-order valence-corrected chi connectivity index (χ3v) is 2.05. The summed E-state index contributed by atoms with van der Waals surface area (Å²) in [6.07, 6.45) is -2.96. The highest BCUT2D eigenvalue weighted by Crippen LogP contribution is 2.22. The second-order valence-corrected chi connectivity index (χ2v) is 3.46. The lowest BCUT2D eigenvalue weighted by molar-refractivity contribution is -0.176. The van der Waals surface area contributed by atoms with Crippen LogP contribution in [0.25, 0.3) is 0 Å². The molecule has 0 bridgehead atoms. The van der Waals surface area contributed by atoms with Crippen molar-refractivity contribution in [2.24, 2.45) is 10.9 Å². The number of benzene rings is 1. The Kier molecular flexibility index (Phi) is 4.96. The van der Waals surface area contributed by atoms with E-state index in [0.29, 0.717) is 16.9 Å². The molecule has 0 aliphatic rings. The van der Waals surface area contributed by atoms with Gasteiger partial charge < -0.3 is 15.3 Å². The van der Waals surface area contributed by atoms with Crippen molar-refractivity contribution < 1.29 is 22.6 Å². The molecule has 1 aromatic carbocycles. The number of hydrazone groups is 1. The molecule has 1 aromatic rings. The lowest BCUT2D eigenvalue weighted by atomic mass is 10.1. The van der Waals surface area contributed by atoms with Crippen LogP contribution in [0.1, 0.15) is 11.1 Å². The predicted molar refractivity (Wildman–Crippen MR) is 60.5 cm³/mol. The molecule has 0 radical (unpaired) electrons. The van der Waals surface area contributed by atoms with Crippen molar-refractivity contribution in [3.05, 3.63) is 29.3 Å². The van der Waals surface area contributed by atoms with Crippen LogP contribution >= 0.6 is 0 Å². The maximum absolute atomic E-state index is 11.9. The highest BCUT2D eigenvalue weighted by Gasteiger charge is 2.27. The summed E-state index contributed by atoms with van der Waals surface area (Å²) >= 11 is 0. The molecular weight excluding hydrogens is 249 g/mol. The van der Waals surface area contributed by atoms with Gasteiger partial charge in [0, 0.05) is 5.56 Å². The first-order chi connectivity index (χ1) is 8.46. The zero-order valence-corrected chi connectivity index (χ0v) is 9.70. The fraction of sp³-hybridized carbons (Fsp3) is 0.364. The molecule has 0 fully saturated rings. The molecule has 0 amide bonds. The zero-order chi connectivity index (χ0) is 13.6. The molecule has 0 atom stereocenters. The van der Waals surface area contributed by atoms with Crippen LogP contribution in [0.2, 0.25) is 0 Å². The molecule has 0 heterocycles. The SMILES string of the molecule is COc1ccc(C=NN)cc1COCC(F)(F)F. The molecule has 7 heteroatoms. The summed E-state index contributed by atoms with van der Waals surface area (Å²) in [6.45, 7) is -1.50. The van der Waals surface area contributed by atoms with E-state index in [9.17, 15) is 13.2 Å². The van der Waals surface area contributed by atoms with E-state index in [1.54, 1.807) is 18.2 Å². The molecule has 0 saturated carbocycles. The van der Waals surface area contributed by atoms with E-state index in [2.05, 4.69) is 9.84 Å². The molecule has 1 rings (SSSR count). The summed E-state index contributed by atoms with van der Waals surface area (Å²) in [7, 11) is 1.43. The van der Waals surface area contributed by atoms with Crippen LogP contribution in [0.5, 0.6) is 5.75 Å². The van der Waals surface area contributed by atoms with Crippen LogP contribution in [-0.4, -0.2) is 26.1 Å². The topological polar surface area (TPSA) is 56.8 Å². The van der Waals surface area contributed by atoms with Crippen molar-refractivity contribution in [2.75, 3.05) is 13.7 Å². The average molecular weight is 262 g/mol. The van der Waals surface area contributed by atoms with Gasteiger partial charge in [-0.15, -0.1) is 0 Å². The molecule has 100 valence electrons. The first-order valence-corrected chi connectivity index (χ1v) is 5.01. The monoisotopic (exact) mass is 262 g/mol. The van der Waals surface area contributed by atoms with Crippen molar-refractivity contribution >= 4 is 6.21 Å². The van der Waals surface area contributed by atoms with Gasteiger partial charge >= 0.3 is 6.18 Å². The number of methoxy groups -OCH3 is 1. The highest BCUT2D eigenvalue weighted by molar-refractivity contribution is 5.80. The molecular formula is C11H13F3N2O2. The quantitative estimate of drug-likeness (QED) is 0.502. The Morgan fingerprint density at radius 1 is 1.39 bits per heavy atom. The van der Waals surface area contributed by atoms with Gasteiger partial charge in [-0.2, -0.15) is 18.3 Å². The number of rotatable bonds is 5. The summed E-state index contributed by atoms with van der Waals surface area (Å²) < 4.78 is 45.4. The lowest BCUT2D eigenvalue weighted by Gasteiger charge is -2.11. The second-order valence-electron chi connectivity index (χ2n) is 3.46. The largest absolute Gasteiger partial charge is 0.496 e. The smallest absolute Gasteiger partial charge is 0.411 e. The molecule has 0 aliphatic heterocycles. The van der Waals surface area contributed by atoms with Crippen molar-refractivity contribution in [1.82, 2.24) is 0 Å². The van der Waals surface area contributed by atoms with Gasteiger partial charge in [0.1, 0.15) is 12.4 Å². The number of hydrogen-bond donors (Lipinski definition) is 1. The van der Waals surface area contributed by atoms with E-state index in [1.165, 1.54) is 13.3 Å². The third-order valence-electron chi connectivity index (χ3n) is 2.05. The minimum Gasteiger partial charge on any atom is -0.496 e. The standard InChI is InChI=1S/C11H13F3N2O2/c1-17-10-3-2-8(5-16-15)4-9(10)6-18-7-11(12,13)14/h2-5H,6-7,15H2,1H3. The summed E-state index contributed by atoms with van der Waals surface area (Å²) in [4.78, 5) is 0. The van der Waals surface area contributed by atoms with Gasteiger partial charge in [0.15, 0.2) is 0 Å². The van der Waals surface area contributed by atoms with E-state index in [1.807, 2.05) is 0 Å². The van der Waals surface area contributed by atoms with Gasteiger partial charge in [0.25, 0.3) is 0 Å². The summed E-state index contributed by atoms with van der Waals surface area (Å²) in [5.74, 6) is 5.45. The maximum atomic E-state index is 11.9. The number of halogens is 3. The Morgan fingerprint density at radius 2 is 2.11 bits per heavy atom. The number of hydrogen-bond acceptors (Lipinski definition) is 4. The highest BCUT2D eigenvalue weighted by atomic mass is 19.4. The Hall–Kier alpha value is -1.76. The number of alkyl halides is 3. The molecule has 0 spiro atoms. The maximum Gasteiger partial charge on any atom is 0.411 e. The minimum absolute atomic E-state index is 0.199. The normalized spacial score (nSPS) is 12.0. The Balaban J connectivity index is 2.75. The number of nitrogens with zero attached hydrogens (tertiary/aromatic N) is 1. The van der Waals surface area contributed by atoms with Crippen LogP contribution < -0.4 is 10.6 Å². The van der Waals surface area contributed by atoms with E-state index >= 15 is 0 Å². The van der Waals surface area contributed by atoms with Gasteiger partial charge in [-0.25, -0.2) is 0 Å². The van der Waals surface area contributed by atoms with Gasteiger partial charge in [0.2, 0.25) is 0 Å². The van der Waals surface area contributed by atoms with Crippen molar-refractivity contribution in [1.29, 1.82) is 0 Å². The fourth-order valence-corrected chi connectivity index (χ4v) is 1.35. The van der Waals surface area contributed by atoms with E-state index in [-0.39, 0.29) is 6.61 Å². The first kappa shape index (κ1) is 14.3. The van der Waals surface area contributed by atoms with Crippen LogP contribution in [0.4, 0.5) is 13.2 Å². The van der Waals surface area contributed by atoms with Crippen LogP contribution in [0.3, 0.4) is 0 Å². The number of ether oxygens (including phenoxy) is 2. The van der Waals surface area contributed by atoms with Gasteiger partial charge in [-0.1, -0.05) is 0 Å². The average Bonchev–Trinajstić information content (AvgIpc) is 2.28. The van der Waals surface area contributed by atoms with Gasteiger partial charge in [0.05, 0.1) is 19.9 Å². The second kappa shape index (κ2) is 6.25. The van der Waals surface area contributed by atoms with Gasteiger partial charge in [-0.3, -0.25) is 0 Å². The van der Waals surface area contributed by atoms with E-state index in [0.717, 1.165) is 0 Å². The van der Waals surface area contributed by atoms with E-state index < -0.39 is 12.8 Å². The molecule has 0 aromatic heterocycles. The van der Waals surface area contributed by atoms with Gasteiger partial charge in [-0.05, 0) is 23.8 Å². The van der Waals surface area contributed by atoms with Crippen molar-refractivity contribution in [2.45, 2.75) is 12.8 Å². The number of nitrogens with two attached hydrogens (primary N) is 1. The van der Waals surface area contributed by atoms with E-state index in [4.69, 9.17) is 10.6 Å². The summed E-state index contributed by atoms with van der Waals surface area (Å²) in [5.41, 5.74) is 1.16. The summed E-state index contributed by atoms with van der Waals surface area (Å²) in [6, 6.07) is 4.90. The third kappa shape index (κ3) is 4.62. The Bertz CT molecular complexity index is 419. The van der Waals surface area contributed by atoms with Crippen molar-refractivity contribution in [3.8, 4) is 5.75 Å². The fourth-order valence-electron chi connectivity index (χ4n) is 1.35. The molecule has 0 aliphatic carbocycles. The predicted octanol–water partition coefficient (Wildman–Crippen LogP) is 2.07. The first-order valence-electron chi connectivity index (χ1n) is 5.01. The van der Waals surface area contributed by atoms with Crippen LogP contribution in [0.15, 0.2) is 23.3 Å². The minimum atomic E-state index is -4.34. The van der Waals surface area contributed by atoms with Crippen molar-refractivity contribution in [3.63, 3.8) is 0 Å². The molecule has 0 saturated heterocycles. The lowest BCUT2D eigenvalue weighted by Crippen LogP contribution is -2.16. The molecule has 18 heavy (non-hydrogen) atoms. The Labute approximate surface area is 102 Å². The molecule has 2 N–H and O–H groups in total. The summed E-state index contributed by atoms with van der Waals surface area (Å²) in [5, 5.41) is 3.34. The zero-order valence-electron chi connectivity index (χ0n) is 9.70. The molecule has 4 nitrogen and oxygen atoms in total. The van der Waals surface area contributed by atoms with Crippen LogP contribution in [0, 0.1) is 0 Å². The Morgan fingerprint density at radius 3 is 2.67 bits per heavy atom.